The summed E-state index contributed by atoms with van der Waals surface area (Å²) in [6, 6.07) is 10.2. The molecule has 2 aliphatic carbocycles. The first-order valence-corrected chi connectivity index (χ1v) is 12.3. The van der Waals surface area contributed by atoms with Crippen LogP contribution in [-0.4, -0.2) is 54.0 Å². The molecule has 0 radical (unpaired) electrons. The molecule has 4 N–H and O–H groups in total. The standard InChI is InChI=1S/C22H27N5O5S/c1-31-19-9-13-4-2-3-5-16(13)20(19)26-21-17-6-7-27(22(17)25-12-24-21)15-8-14(18(28)10-15)11-32-33(23,29)30/h2-7,12,14-15,18-20,28H,8-11H2,1H3,(H2,23,29,30)(H,24,25,26)/t14-,15+,18-,19-,20+/m0/s1. The second-order valence-corrected chi connectivity index (χ2v) is 9.93. The molecule has 176 valence electrons. The first-order chi connectivity index (χ1) is 15.8. The van der Waals surface area contributed by atoms with E-state index in [0.717, 1.165) is 23.3 Å². The lowest BCUT2D eigenvalue weighted by Crippen LogP contribution is -2.24. The minimum absolute atomic E-state index is 0.000868. The summed E-state index contributed by atoms with van der Waals surface area (Å²) < 4.78 is 34.7. The van der Waals surface area contributed by atoms with Crippen LogP contribution in [0.2, 0.25) is 0 Å². The number of nitrogens with two attached hydrogens (primary N) is 1. The molecule has 33 heavy (non-hydrogen) atoms. The number of hydrogen-bond acceptors (Lipinski definition) is 8. The van der Waals surface area contributed by atoms with E-state index >= 15 is 0 Å². The number of aliphatic hydroxyl groups excluding tert-OH is 1. The van der Waals surface area contributed by atoms with Gasteiger partial charge in [-0.15, -0.1) is 0 Å². The van der Waals surface area contributed by atoms with Crippen LogP contribution < -0.4 is 10.5 Å². The van der Waals surface area contributed by atoms with Gasteiger partial charge in [-0.05, 0) is 30.0 Å². The third-order valence-corrected chi connectivity index (χ3v) is 7.22. The molecule has 0 spiro atoms. The fraction of sp³-hybridized carbons (Fsp3) is 0.455. The SMILES string of the molecule is CO[C@H]1Cc2ccccc2[C@H]1Nc1ncnc2c1ccn2[C@@H]1C[C@@H](COS(N)(=O)=O)[C@@H](O)C1. The highest BCUT2D eigenvalue weighted by atomic mass is 32.2. The van der Waals surface area contributed by atoms with Crippen molar-refractivity contribution in [1.29, 1.82) is 0 Å². The predicted octanol–water partition coefficient (Wildman–Crippen LogP) is 1.69. The molecule has 0 bridgehead atoms. The largest absolute Gasteiger partial charge is 0.393 e. The summed E-state index contributed by atoms with van der Waals surface area (Å²) in [5, 5.41) is 19.8. The molecule has 10 nitrogen and oxygen atoms in total. The Morgan fingerprint density at radius 2 is 2.06 bits per heavy atom. The lowest BCUT2D eigenvalue weighted by Gasteiger charge is -2.22. The maximum Gasteiger partial charge on any atom is 0.333 e. The normalized spacial score (nSPS) is 27.2. The van der Waals surface area contributed by atoms with Crippen LogP contribution in [0.4, 0.5) is 5.82 Å². The molecule has 11 heteroatoms. The van der Waals surface area contributed by atoms with Gasteiger partial charge in [-0.3, -0.25) is 4.18 Å². The van der Waals surface area contributed by atoms with E-state index in [0.29, 0.717) is 12.8 Å². The van der Waals surface area contributed by atoms with Gasteiger partial charge in [0.15, 0.2) is 0 Å². The Bertz CT molecular complexity index is 1260. The van der Waals surface area contributed by atoms with Crippen molar-refractivity contribution in [2.75, 3.05) is 19.0 Å². The second kappa shape index (κ2) is 8.65. The quantitative estimate of drug-likeness (QED) is 0.471. The van der Waals surface area contributed by atoms with Crippen LogP contribution in [-0.2, 0) is 25.6 Å². The first-order valence-electron chi connectivity index (χ1n) is 10.9. The molecule has 1 saturated carbocycles. The molecule has 2 aliphatic rings. The number of ether oxygens (including phenoxy) is 1. The molecular weight excluding hydrogens is 446 g/mol. The zero-order valence-corrected chi connectivity index (χ0v) is 19.0. The molecule has 0 unspecified atom stereocenters. The molecule has 3 aromatic rings. The summed E-state index contributed by atoms with van der Waals surface area (Å²) in [5.74, 6) is 0.387. The summed E-state index contributed by atoms with van der Waals surface area (Å²) in [6.45, 7) is -0.142. The predicted molar refractivity (Wildman–Crippen MR) is 122 cm³/mol. The third-order valence-electron chi connectivity index (χ3n) is 6.76. The van der Waals surface area contributed by atoms with Crippen molar-refractivity contribution in [1.82, 2.24) is 14.5 Å². The maximum atomic E-state index is 11.1. The first kappa shape index (κ1) is 22.2. The van der Waals surface area contributed by atoms with Crippen molar-refractivity contribution in [2.45, 2.75) is 43.6 Å². The lowest BCUT2D eigenvalue weighted by molar-refractivity contribution is 0.0959. The average Bonchev–Trinajstić information content (AvgIpc) is 3.47. The van der Waals surface area contributed by atoms with Crippen LogP contribution in [0.5, 0.6) is 0 Å². The Kier molecular flexibility index (Phi) is 5.83. The Morgan fingerprint density at radius 3 is 2.85 bits per heavy atom. The minimum atomic E-state index is -4.04. The Balaban J connectivity index is 1.39. The van der Waals surface area contributed by atoms with Gasteiger partial charge in [0.25, 0.3) is 0 Å². The van der Waals surface area contributed by atoms with Crippen LogP contribution in [0, 0.1) is 5.92 Å². The van der Waals surface area contributed by atoms with Gasteiger partial charge >= 0.3 is 10.3 Å². The highest BCUT2D eigenvalue weighted by Crippen LogP contribution is 2.39. The minimum Gasteiger partial charge on any atom is -0.393 e. The maximum absolute atomic E-state index is 11.1. The van der Waals surface area contributed by atoms with Crippen molar-refractivity contribution in [2.24, 2.45) is 11.1 Å². The summed E-state index contributed by atoms with van der Waals surface area (Å²) >= 11 is 0. The zero-order chi connectivity index (χ0) is 23.2. The molecule has 0 amide bonds. The van der Waals surface area contributed by atoms with Gasteiger partial charge in [0, 0.05) is 31.7 Å². The summed E-state index contributed by atoms with van der Waals surface area (Å²) in [5.41, 5.74) is 3.21. The molecule has 2 aromatic heterocycles. The van der Waals surface area contributed by atoms with Gasteiger partial charge in [0.1, 0.15) is 17.8 Å². The zero-order valence-electron chi connectivity index (χ0n) is 18.2. The molecule has 0 aliphatic heterocycles. The summed E-state index contributed by atoms with van der Waals surface area (Å²) in [7, 11) is -2.32. The Hall–Kier alpha value is -2.57. The second-order valence-electron chi connectivity index (χ2n) is 8.71. The van der Waals surface area contributed by atoms with Gasteiger partial charge in [0.2, 0.25) is 0 Å². The topological polar surface area (TPSA) is 142 Å². The highest BCUT2D eigenvalue weighted by Gasteiger charge is 2.36. The van der Waals surface area contributed by atoms with E-state index < -0.39 is 16.4 Å². The van der Waals surface area contributed by atoms with Gasteiger partial charge in [-0.2, -0.15) is 8.42 Å². The van der Waals surface area contributed by atoms with E-state index in [1.165, 1.54) is 17.5 Å². The van der Waals surface area contributed by atoms with Crippen LogP contribution in [0.1, 0.15) is 36.1 Å². The lowest BCUT2D eigenvalue weighted by atomic mass is 10.1. The molecular formula is C22H27N5O5S. The van der Waals surface area contributed by atoms with Gasteiger partial charge in [-0.1, -0.05) is 24.3 Å². The molecule has 2 heterocycles. The monoisotopic (exact) mass is 473 g/mol. The smallest absolute Gasteiger partial charge is 0.333 e. The summed E-state index contributed by atoms with van der Waals surface area (Å²) in [4.78, 5) is 8.99. The number of anilines is 1. The summed E-state index contributed by atoms with van der Waals surface area (Å²) in [6.07, 6.45) is 4.62. The molecule has 1 aromatic carbocycles. The van der Waals surface area contributed by atoms with Crippen LogP contribution >= 0.6 is 0 Å². The van der Waals surface area contributed by atoms with E-state index in [2.05, 4.69) is 27.4 Å². The van der Waals surface area contributed by atoms with Crippen LogP contribution in [0.15, 0.2) is 42.9 Å². The van der Waals surface area contributed by atoms with Crippen LogP contribution in [0.3, 0.4) is 0 Å². The highest BCUT2D eigenvalue weighted by molar-refractivity contribution is 7.84. The number of benzene rings is 1. The fourth-order valence-electron chi connectivity index (χ4n) is 5.14. The van der Waals surface area contributed by atoms with Crippen molar-refractivity contribution in [3.05, 3.63) is 54.0 Å². The number of nitrogens with zero attached hydrogens (tertiary/aromatic N) is 3. The number of hydrogen-bond donors (Lipinski definition) is 3. The Morgan fingerprint density at radius 1 is 1.24 bits per heavy atom. The van der Waals surface area contributed by atoms with Gasteiger partial charge in [0.05, 0.1) is 30.2 Å². The van der Waals surface area contributed by atoms with Crippen molar-refractivity contribution in [3.8, 4) is 0 Å². The van der Waals surface area contributed by atoms with E-state index in [4.69, 9.17) is 14.1 Å². The third kappa shape index (κ3) is 4.34. The van der Waals surface area contributed by atoms with E-state index in [1.807, 2.05) is 29.0 Å². The Labute approximate surface area is 192 Å². The van der Waals surface area contributed by atoms with E-state index in [9.17, 15) is 13.5 Å². The number of methoxy groups -OCH3 is 1. The number of aromatic nitrogens is 3. The van der Waals surface area contributed by atoms with Gasteiger partial charge in [-0.25, -0.2) is 15.1 Å². The number of nitrogens with one attached hydrogen (secondary N) is 1. The fourth-order valence-corrected chi connectivity index (χ4v) is 5.50. The van der Waals surface area contributed by atoms with Crippen molar-refractivity contribution < 1.29 is 22.4 Å². The van der Waals surface area contributed by atoms with E-state index in [1.54, 1.807) is 7.11 Å². The average molecular weight is 474 g/mol. The number of aliphatic hydroxyl groups is 1. The van der Waals surface area contributed by atoms with E-state index in [-0.39, 0.29) is 30.7 Å². The molecule has 1 fully saturated rings. The molecule has 0 saturated heterocycles. The number of rotatable bonds is 7. The number of fused-ring (bicyclic) bond motifs is 2. The molecule has 5 atom stereocenters. The van der Waals surface area contributed by atoms with Crippen LogP contribution in [0.25, 0.3) is 11.0 Å². The van der Waals surface area contributed by atoms with Gasteiger partial charge < -0.3 is 19.7 Å². The van der Waals surface area contributed by atoms with Crippen molar-refractivity contribution >= 4 is 27.2 Å². The van der Waals surface area contributed by atoms with Crippen molar-refractivity contribution in [3.63, 3.8) is 0 Å². The molecule has 5 rings (SSSR count).